The third-order valence-electron chi connectivity index (χ3n) is 5.10. The highest BCUT2D eigenvalue weighted by molar-refractivity contribution is 5.88. The summed E-state index contributed by atoms with van der Waals surface area (Å²) in [7, 11) is 0. The number of benzene rings is 2. The van der Waals surface area contributed by atoms with Gasteiger partial charge < -0.3 is 26.1 Å². The fourth-order valence-electron chi connectivity index (χ4n) is 3.42. The Morgan fingerprint density at radius 3 is 2.58 bits per heavy atom. The number of carbonyl (C=O) groups is 2. The molecule has 164 valence electrons. The van der Waals surface area contributed by atoms with Crippen molar-refractivity contribution >= 4 is 22.9 Å². The number of nitrogens with one attached hydrogen (secondary N) is 3. The predicted octanol–water partition coefficient (Wildman–Crippen LogP) is 3.25. The van der Waals surface area contributed by atoms with E-state index >= 15 is 0 Å². The van der Waals surface area contributed by atoms with Gasteiger partial charge in [-0.3, -0.25) is 4.79 Å². The van der Waals surface area contributed by atoms with Crippen molar-refractivity contribution in [2.75, 3.05) is 13.1 Å². The summed E-state index contributed by atoms with van der Waals surface area (Å²) in [5.41, 5.74) is 8.35. The Balaban J connectivity index is 1.63. The minimum absolute atomic E-state index is 0.146. The molecule has 0 aliphatic rings. The molecule has 2 amide bonds. The molecule has 0 saturated carbocycles. The molecule has 2 aromatic carbocycles. The van der Waals surface area contributed by atoms with Crippen molar-refractivity contribution in [2.45, 2.75) is 38.3 Å². The van der Waals surface area contributed by atoms with Crippen molar-refractivity contribution in [3.05, 3.63) is 71.9 Å². The summed E-state index contributed by atoms with van der Waals surface area (Å²) in [4.78, 5) is 28.4. The van der Waals surface area contributed by atoms with E-state index in [2.05, 4.69) is 15.6 Å². The molecule has 1 atom stereocenters. The van der Waals surface area contributed by atoms with E-state index in [1.807, 2.05) is 60.8 Å². The normalized spacial score (nSPS) is 11.8. The van der Waals surface area contributed by atoms with Crippen molar-refractivity contribution in [3.63, 3.8) is 0 Å². The number of amides is 2. The number of rotatable bonds is 11. The van der Waals surface area contributed by atoms with Crippen molar-refractivity contribution in [1.29, 1.82) is 0 Å². The smallest absolute Gasteiger partial charge is 0.408 e. The number of aromatic amines is 1. The first-order chi connectivity index (χ1) is 15.2. The van der Waals surface area contributed by atoms with E-state index in [4.69, 9.17) is 10.5 Å². The van der Waals surface area contributed by atoms with E-state index in [0.717, 1.165) is 41.3 Å². The Morgan fingerprint density at radius 1 is 1.00 bits per heavy atom. The Morgan fingerprint density at radius 2 is 1.77 bits per heavy atom. The number of hydrogen-bond acceptors (Lipinski definition) is 4. The Kier molecular flexibility index (Phi) is 8.48. The maximum atomic E-state index is 12.8. The van der Waals surface area contributed by atoms with Crippen LogP contribution in [-0.4, -0.2) is 36.1 Å². The number of unbranched alkanes of at least 4 members (excludes halogenated alkanes) is 2. The van der Waals surface area contributed by atoms with E-state index < -0.39 is 12.1 Å². The fourth-order valence-corrected chi connectivity index (χ4v) is 3.42. The van der Waals surface area contributed by atoms with Crippen LogP contribution < -0.4 is 16.4 Å². The summed E-state index contributed by atoms with van der Waals surface area (Å²) in [6, 6.07) is 16.6. The number of aromatic nitrogens is 1. The number of carbonyl (C=O) groups excluding carboxylic acids is 2. The summed E-state index contributed by atoms with van der Waals surface area (Å²) in [5, 5.41) is 6.69. The topological polar surface area (TPSA) is 109 Å². The maximum absolute atomic E-state index is 12.8. The van der Waals surface area contributed by atoms with Crippen LogP contribution in [0.4, 0.5) is 4.79 Å². The summed E-state index contributed by atoms with van der Waals surface area (Å²) < 4.78 is 5.32. The summed E-state index contributed by atoms with van der Waals surface area (Å²) in [5.74, 6) is -0.227. The van der Waals surface area contributed by atoms with E-state index in [1.165, 1.54) is 0 Å². The monoisotopic (exact) mass is 422 g/mol. The van der Waals surface area contributed by atoms with Gasteiger partial charge in [-0.15, -0.1) is 0 Å². The predicted molar refractivity (Wildman–Crippen MR) is 121 cm³/mol. The lowest BCUT2D eigenvalue weighted by Crippen LogP contribution is -2.48. The zero-order chi connectivity index (χ0) is 21.9. The van der Waals surface area contributed by atoms with Crippen LogP contribution in [0.25, 0.3) is 10.9 Å². The minimum atomic E-state index is -0.739. The molecule has 0 aliphatic heterocycles. The van der Waals surface area contributed by atoms with Gasteiger partial charge in [-0.05, 0) is 36.6 Å². The highest BCUT2D eigenvalue weighted by atomic mass is 16.5. The third-order valence-corrected chi connectivity index (χ3v) is 5.10. The molecule has 1 aromatic heterocycles. The molecule has 3 aromatic rings. The van der Waals surface area contributed by atoms with Crippen LogP contribution in [0, 0.1) is 0 Å². The lowest BCUT2D eigenvalue weighted by atomic mass is 10.0. The van der Waals surface area contributed by atoms with Crippen molar-refractivity contribution in [2.24, 2.45) is 5.73 Å². The van der Waals surface area contributed by atoms with Crippen LogP contribution in [0.1, 0.15) is 30.4 Å². The molecule has 0 unspecified atom stereocenters. The zero-order valence-corrected chi connectivity index (χ0v) is 17.6. The maximum Gasteiger partial charge on any atom is 0.408 e. The first-order valence-electron chi connectivity index (χ1n) is 10.7. The Labute approximate surface area is 182 Å². The Bertz CT molecular complexity index is 971. The average Bonchev–Trinajstić information content (AvgIpc) is 3.20. The quantitative estimate of drug-likeness (QED) is 0.356. The molecular weight excluding hydrogens is 392 g/mol. The van der Waals surface area contributed by atoms with Gasteiger partial charge in [-0.2, -0.15) is 0 Å². The SMILES string of the molecule is NCCCCCNC(=O)[C@H](Cc1c[nH]c2ccccc12)NC(=O)OCc1ccccc1. The standard InChI is InChI=1S/C24H30N4O3/c25-13-7-2-8-14-26-23(29)22(15-19-16-27-21-12-6-5-11-20(19)21)28-24(30)31-17-18-9-3-1-4-10-18/h1,3-6,9-12,16,22,27H,2,7-8,13-15,17,25H2,(H,26,29)(H,28,30)/t22-/m0/s1. The highest BCUT2D eigenvalue weighted by Crippen LogP contribution is 2.19. The second kappa shape index (κ2) is 11.8. The van der Waals surface area contributed by atoms with E-state index in [0.29, 0.717) is 19.5 Å². The Hall–Kier alpha value is -3.32. The molecule has 0 bridgehead atoms. The summed E-state index contributed by atoms with van der Waals surface area (Å²) in [6.07, 6.45) is 4.35. The number of fused-ring (bicyclic) bond motifs is 1. The highest BCUT2D eigenvalue weighted by Gasteiger charge is 2.23. The molecule has 5 N–H and O–H groups in total. The second-order valence-electron chi connectivity index (χ2n) is 7.46. The van der Waals surface area contributed by atoms with Crippen molar-refractivity contribution in [3.8, 4) is 0 Å². The molecule has 0 spiro atoms. The first kappa shape index (κ1) is 22.4. The fraction of sp³-hybridized carbons (Fsp3) is 0.333. The number of para-hydroxylation sites is 1. The first-order valence-corrected chi connectivity index (χ1v) is 10.7. The molecule has 1 heterocycles. The van der Waals surface area contributed by atoms with E-state index in [1.54, 1.807) is 0 Å². The number of alkyl carbamates (subject to hydrolysis) is 1. The van der Waals surface area contributed by atoms with E-state index in [9.17, 15) is 9.59 Å². The molecular formula is C24H30N4O3. The van der Waals surface area contributed by atoms with E-state index in [-0.39, 0.29) is 12.5 Å². The van der Waals surface area contributed by atoms with Gasteiger partial charge in [-0.1, -0.05) is 55.0 Å². The van der Waals surface area contributed by atoms with Gasteiger partial charge >= 0.3 is 6.09 Å². The van der Waals surface area contributed by atoms with Gasteiger partial charge in [0.05, 0.1) is 0 Å². The molecule has 0 aliphatic carbocycles. The minimum Gasteiger partial charge on any atom is -0.445 e. The lowest BCUT2D eigenvalue weighted by Gasteiger charge is -2.18. The lowest BCUT2D eigenvalue weighted by molar-refractivity contribution is -0.123. The van der Waals surface area contributed by atoms with Gasteiger partial charge in [0.1, 0.15) is 12.6 Å². The molecule has 0 radical (unpaired) electrons. The van der Waals surface area contributed by atoms with Crippen LogP contribution in [0.3, 0.4) is 0 Å². The average molecular weight is 423 g/mol. The van der Waals surface area contributed by atoms with Gasteiger partial charge in [-0.25, -0.2) is 4.79 Å². The van der Waals surface area contributed by atoms with Crippen LogP contribution in [-0.2, 0) is 22.6 Å². The van der Waals surface area contributed by atoms with Crippen LogP contribution in [0.5, 0.6) is 0 Å². The number of hydrogen-bond donors (Lipinski definition) is 4. The molecule has 7 nitrogen and oxygen atoms in total. The van der Waals surface area contributed by atoms with Gasteiger partial charge in [0.2, 0.25) is 5.91 Å². The van der Waals surface area contributed by atoms with Crippen molar-refractivity contribution in [1.82, 2.24) is 15.6 Å². The molecule has 31 heavy (non-hydrogen) atoms. The number of ether oxygens (including phenoxy) is 1. The summed E-state index contributed by atoms with van der Waals surface area (Å²) in [6.45, 7) is 1.34. The summed E-state index contributed by atoms with van der Waals surface area (Å²) >= 11 is 0. The van der Waals surface area contributed by atoms with Crippen LogP contribution in [0.15, 0.2) is 60.8 Å². The van der Waals surface area contributed by atoms with Crippen molar-refractivity contribution < 1.29 is 14.3 Å². The second-order valence-corrected chi connectivity index (χ2v) is 7.46. The molecule has 0 fully saturated rings. The van der Waals surface area contributed by atoms with Gasteiger partial charge in [0.15, 0.2) is 0 Å². The third kappa shape index (κ3) is 6.86. The number of nitrogens with two attached hydrogens (primary N) is 1. The largest absolute Gasteiger partial charge is 0.445 e. The molecule has 7 heteroatoms. The van der Waals surface area contributed by atoms with Gasteiger partial charge in [0, 0.05) is 30.1 Å². The molecule has 0 saturated heterocycles. The van der Waals surface area contributed by atoms with Gasteiger partial charge in [0.25, 0.3) is 0 Å². The number of H-pyrrole nitrogens is 1. The van der Waals surface area contributed by atoms with Crippen LogP contribution in [0.2, 0.25) is 0 Å². The molecule has 3 rings (SSSR count). The zero-order valence-electron chi connectivity index (χ0n) is 17.6. The van der Waals surface area contributed by atoms with Crippen LogP contribution >= 0.6 is 0 Å².